The van der Waals surface area contributed by atoms with Crippen LogP contribution >= 0.6 is 0 Å². The minimum absolute atomic E-state index is 0.0426. The molecule has 1 aromatic heterocycles. The first kappa shape index (κ1) is 17.6. The number of aromatic nitrogens is 1. The minimum Gasteiger partial charge on any atom is -0.348 e. The molecule has 1 aliphatic rings. The fourth-order valence-corrected chi connectivity index (χ4v) is 4.33. The fraction of sp³-hybridized carbons (Fsp3) is 0.333. The molecule has 0 bridgehead atoms. The quantitative estimate of drug-likeness (QED) is 0.905. The number of rotatable bonds is 4. The highest BCUT2D eigenvalue weighted by Crippen LogP contribution is 2.21. The Morgan fingerprint density at radius 1 is 1.12 bits per heavy atom. The summed E-state index contributed by atoms with van der Waals surface area (Å²) < 4.78 is 26.8. The van der Waals surface area contributed by atoms with Crippen LogP contribution in [0.15, 0.2) is 53.6 Å². The van der Waals surface area contributed by atoms with Crippen LogP contribution < -0.4 is 5.32 Å². The summed E-state index contributed by atoms with van der Waals surface area (Å²) in [5.74, 6) is -0.222. The Bertz CT molecular complexity index is 828. The molecule has 6 nitrogen and oxygen atoms in total. The Morgan fingerprint density at radius 3 is 2.40 bits per heavy atom. The summed E-state index contributed by atoms with van der Waals surface area (Å²) in [5.41, 5.74) is 1.40. The molecule has 0 aliphatic carbocycles. The standard InChI is InChI=1S/C18H21N3O3S/c1-14-5-7-16(8-6-14)25(23,24)21-12-9-15(10-13-21)20-18(22)17-4-2-3-11-19-17/h2-8,11,15H,9-10,12-13H2,1H3,(H,20,22). The highest BCUT2D eigenvalue weighted by atomic mass is 32.2. The van der Waals surface area contributed by atoms with Crippen LogP contribution in [-0.2, 0) is 10.0 Å². The third-order valence-electron chi connectivity index (χ3n) is 4.35. The second-order valence-electron chi connectivity index (χ2n) is 6.18. The number of carbonyl (C=O) groups is 1. The Labute approximate surface area is 147 Å². The van der Waals surface area contributed by atoms with Crippen LogP contribution in [0.4, 0.5) is 0 Å². The van der Waals surface area contributed by atoms with E-state index in [0.29, 0.717) is 36.5 Å². The lowest BCUT2D eigenvalue weighted by atomic mass is 10.1. The number of pyridine rings is 1. The molecule has 0 unspecified atom stereocenters. The molecule has 2 aromatic rings. The molecule has 1 amide bonds. The van der Waals surface area contributed by atoms with E-state index >= 15 is 0 Å². The van der Waals surface area contributed by atoms with E-state index in [1.807, 2.05) is 6.92 Å². The number of nitrogens with zero attached hydrogens (tertiary/aromatic N) is 2. The monoisotopic (exact) mass is 359 g/mol. The van der Waals surface area contributed by atoms with Gasteiger partial charge in [0, 0.05) is 25.3 Å². The predicted octanol–water partition coefficient (Wildman–Crippen LogP) is 1.97. The summed E-state index contributed by atoms with van der Waals surface area (Å²) in [7, 11) is -3.47. The van der Waals surface area contributed by atoms with Crippen LogP contribution in [0.3, 0.4) is 0 Å². The molecule has 1 saturated heterocycles. The van der Waals surface area contributed by atoms with Crippen LogP contribution in [0.2, 0.25) is 0 Å². The molecule has 1 aliphatic heterocycles. The third kappa shape index (κ3) is 4.05. The molecule has 2 heterocycles. The van der Waals surface area contributed by atoms with Crippen molar-refractivity contribution < 1.29 is 13.2 Å². The number of benzene rings is 1. The smallest absolute Gasteiger partial charge is 0.270 e. The van der Waals surface area contributed by atoms with Gasteiger partial charge in [-0.2, -0.15) is 4.31 Å². The molecule has 1 fully saturated rings. The Morgan fingerprint density at radius 2 is 1.80 bits per heavy atom. The van der Waals surface area contributed by atoms with Gasteiger partial charge in [0.1, 0.15) is 5.69 Å². The van der Waals surface area contributed by atoms with E-state index in [-0.39, 0.29) is 11.9 Å². The van der Waals surface area contributed by atoms with Crippen LogP contribution in [0.1, 0.15) is 28.9 Å². The van der Waals surface area contributed by atoms with Crippen molar-refractivity contribution in [2.45, 2.75) is 30.7 Å². The van der Waals surface area contributed by atoms with Crippen molar-refractivity contribution in [3.63, 3.8) is 0 Å². The predicted molar refractivity (Wildman–Crippen MR) is 94.7 cm³/mol. The topological polar surface area (TPSA) is 79.4 Å². The highest BCUT2D eigenvalue weighted by Gasteiger charge is 2.30. The van der Waals surface area contributed by atoms with E-state index in [4.69, 9.17) is 0 Å². The first-order valence-corrected chi connectivity index (χ1v) is 9.69. The minimum atomic E-state index is -3.47. The van der Waals surface area contributed by atoms with Crippen LogP contribution in [0, 0.1) is 6.92 Å². The number of sulfonamides is 1. The average molecular weight is 359 g/mol. The number of hydrogen-bond donors (Lipinski definition) is 1. The molecular formula is C18H21N3O3S. The van der Waals surface area contributed by atoms with Gasteiger partial charge >= 0.3 is 0 Å². The van der Waals surface area contributed by atoms with Crippen molar-refractivity contribution in [2.75, 3.05) is 13.1 Å². The molecule has 3 rings (SSSR count). The number of hydrogen-bond acceptors (Lipinski definition) is 4. The zero-order chi connectivity index (χ0) is 17.9. The molecule has 0 spiro atoms. The lowest BCUT2D eigenvalue weighted by molar-refractivity contribution is 0.0919. The first-order chi connectivity index (χ1) is 12.0. The van der Waals surface area contributed by atoms with Gasteiger partial charge < -0.3 is 5.32 Å². The molecule has 1 N–H and O–H groups in total. The van der Waals surface area contributed by atoms with Gasteiger partial charge in [-0.05, 0) is 44.0 Å². The summed E-state index contributed by atoms with van der Waals surface area (Å²) in [4.78, 5) is 16.5. The first-order valence-electron chi connectivity index (χ1n) is 8.25. The number of aryl methyl sites for hydroxylation is 1. The van der Waals surface area contributed by atoms with Crippen molar-refractivity contribution in [1.82, 2.24) is 14.6 Å². The number of piperidine rings is 1. The average Bonchev–Trinajstić information content (AvgIpc) is 2.63. The maximum atomic E-state index is 12.7. The van der Waals surface area contributed by atoms with Crippen LogP contribution in [0.25, 0.3) is 0 Å². The normalized spacial score (nSPS) is 16.5. The largest absolute Gasteiger partial charge is 0.348 e. The number of nitrogens with one attached hydrogen (secondary N) is 1. The molecule has 0 radical (unpaired) electrons. The molecule has 132 valence electrons. The van der Waals surface area contributed by atoms with Gasteiger partial charge in [-0.1, -0.05) is 23.8 Å². The van der Waals surface area contributed by atoms with Crippen molar-refractivity contribution in [2.24, 2.45) is 0 Å². The zero-order valence-electron chi connectivity index (χ0n) is 14.1. The van der Waals surface area contributed by atoms with E-state index in [2.05, 4.69) is 10.3 Å². The molecule has 7 heteroatoms. The van der Waals surface area contributed by atoms with Gasteiger partial charge in [-0.15, -0.1) is 0 Å². The van der Waals surface area contributed by atoms with Gasteiger partial charge in [-0.3, -0.25) is 9.78 Å². The maximum absolute atomic E-state index is 12.7. The van der Waals surface area contributed by atoms with Crippen molar-refractivity contribution in [3.05, 3.63) is 59.9 Å². The summed E-state index contributed by atoms with van der Waals surface area (Å²) in [6.07, 6.45) is 2.75. The van der Waals surface area contributed by atoms with Gasteiger partial charge in [0.05, 0.1) is 4.90 Å². The van der Waals surface area contributed by atoms with Gasteiger partial charge in [-0.25, -0.2) is 8.42 Å². The molecule has 0 atom stereocenters. The fourth-order valence-electron chi connectivity index (χ4n) is 2.86. The van der Waals surface area contributed by atoms with E-state index in [1.165, 1.54) is 4.31 Å². The number of amides is 1. The summed E-state index contributed by atoms with van der Waals surface area (Å²) in [6, 6.07) is 12.0. The van der Waals surface area contributed by atoms with Gasteiger partial charge in [0.25, 0.3) is 5.91 Å². The Balaban J connectivity index is 1.60. The van der Waals surface area contributed by atoms with Gasteiger partial charge in [0.15, 0.2) is 0 Å². The summed E-state index contributed by atoms with van der Waals surface area (Å²) in [5, 5.41) is 2.93. The summed E-state index contributed by atoms with van der Waals surface area (Å²) in [6.45, 7) is 2.71. The third-order valence-corrected chi connectivity index (χ3v) is 6.26. The van der Waals surface area contributed by atoms with E-state index in [9.17, 15) is 13.2 Å². The van der Waals surface area contributed by atoms with Crippen LogP contribution in [-0.4, -0.2) is 42.7 Å². The van der Waals surface area contributed by atoms with Gasteiger partial charge in [0.2, 0.25) is 10.0 Å². The maximum Gasteiger partial charge on any atom is 0.270 e. The molecule has 25 heavy (non-hydrogen) atoms. The lowest BCUT2D eigenvalue weighted by Gasteiger charge is -2.31. The SMILES string of the molecule is Cc1ccc(S(=O)(=O)N2CCC(NC(=O)c3ccccn3)CC2)cc1. The molecule has 1 aromatic carbocycles. The second-order valence-corrected chi connectivity index (χ2v) is 8.12. The van der Waals surface area contributed by atoms with E-state index in [1.54, 1.807) is 48.7 Å². The van der Waals surface area contributed by atoms with Crippen LogP contribution in [0.5, 0.6) is 0 Å². The highest BCUT2D eigenvalue weighted by molar-refractivity contribution is 7.89. The second kappa shape index (κ2) is 7.33. The zero-order valence-corrected chi connectivity index (χ0v) is 14.9. The summed E-state index contributed by atoms with van der Waals surface area (Å²) >= 11 is 0. The van der Waals surface area contributed by atoms with Crippen molar-refractivity contribution >= 4 is 15.9 Å². The lowest BCUT2D eigenvalue weighted by Crippen LogP contribution is -2.46. The molecular weight excluding hydrogens is 338 g/mol. The number of carbonyl (C=O) groups excluding carboxylic acids is 1. The van der Waals surface area contributed by atoms with Crippen molar-refractivity contribution in [3.8, 4) is 0 Å². The Hall–Kier alpha value is -2.25. The van der Waals surface area contributed by atoms with Crippen molar-refractivity contribution in [1.29, 1.82) is 0 Å². The van der Waals surface area contributed by atoms with E-state index < -0.39 is 10.0 Å². The van der Waals surface area contributed by atoms with E-state index in [0.717, 1.165) is 5.56 Å². The molecule has 0 saturated carbocycles. The Kier molecular flexibility index (Phi) is 5.15.